The summed E-state index contributed by atoms with van der Waals surface area (Å²) in [5.74, 6) is -1.07. The zero-order chi connectivity index (χ0) is 11.3. The van der Waals surface area contributed by atoms with E-state index >= 15 is 0 Å². The Labute approximate surface area is 87.8 Å². The second-order valence-corrected chi connectivity index (χ2v) is 3.31. The number of nitrogens with zero attached hydrogens (tertiary/aromatic N) is 1. The SMILES string of the molecule is COC(=O)N(CC(=O)O)C1CCCCO1. The van der Waals surface area contributed by atoms with Gasteiger partial charge in [-0.2, -0.15) is 0 Å². The van der Waals surface area contributed by atoms with E-state index in [4.69, 9.17) is 9.84 Å². The quantitative estimate of drug-likeness (QED) is 0.751. The topological polar surface area (TPSA) is 76.1 Å². The molecule has 1 unspecified atom stereocenters. The van der Waals surface area contributed by atoms with E-state index in [2.05, 4.69) is 4.74 Å². The molecule has 1 aliphatic heterocycles. The first-order chi connectivity index (χ1) is 7.15. The molecule has 0 bridgehead atoms. The average molecular weight is 217 g/mol. The van der Waals surface area contributed by atoms with Crippen molar-refractivity contribution < 1.29 is 24.2 Å². The fraction of sp³-hybridized carbons (Fsp3) is 0.778. The van der Waals surface area contributed by atoms with Crippen molar-refractivity contribution in [1.82, 2.24) is 4.90 Å². The van der Waals surface area contributed by atoms with Gasteiger partial charge in [-0.15, -0.1) is 0 Å². The standard InChI is InChI=1S/C9H15NO5/c1-14-9(13)10(6-8(11)12)7-4-2-3-5-15-7/h7H,2-6H2,1H3,(H,11,12). The molecule has 1 rings (SSSR count). The molecule has 0 radical (unpaired) electrons. The van der Waals surface area contributed by atoms with Gasteiger partial charge in [0.25, 0.3) is 0 Å². The van der Waals surface area contributed by atoms with Crippen molar-refractivity contribution in [2.24, 2.45) is 0 Å². The van der Waals surface area contributed by atoms with Crippen molar-refractivity contribution in [3.05, 3.63) is 0 Å². The summed E-state index contributed by atoms with van der Waals surface area (Å²) in [6.07, 6.45) is 1.39. The average Bonchev–Trinajstić information content (AvgIpc) is 2.26. The molecule has 86 valence electrons. The van der Waals surface area contributed by atoms with Crippen LogP contribution < -0.4 is 0 Å². The van der Waals surface area contributed by atoms with E-state index in [1.165, 1.54) is 7.11 Å². The number of rotatable bonds is 3. The van der Waals surface area contributed by atoms with E-state index in [0.717, 1.165) is 17.7 Å². The van der Waals surface area contributed by atoms with Crippen LogP contribution in [0.3, 0.4) is 0 Å². The Morgan fingerprint density at radius 3 is 2.73 bits per heavy atom. The van der Waals surface area contributed by atoms with Crippen LogP contribution in [0.1, 0.15) is 19.3 Å². The number of carbonyl (C=O) groups excluding carboxylic acids is 1. The molecule has 15 heavy (non-hydrogen) atoms. The van der Waals surface area contributed by atoms with Gasteiger partial charge in [-0.1, -0.05) is 0 Å². The maximum atomic E-state index is 11.3. The van der Waals surface area contributed by atoms with Crippen molar-refractivity contribution in [2.75, 3.05) is 20.3 Å². The normalized spacial score (nSPS) is 20.7. The number of methoxy groups -OCH3 is 1. The van der Waals surface area contributed by atoms with Crippen LogP contribution in [0, 0.1) is 0 Å². The fourth-order valence-corrected chi connectivity index (χ4v) is 1.52. The molecule has 0 aromatic heterocycles. The summed E-state index contributed by atoms with van der Waals surface area (Å²) in [6.45, 7) is 0.162. The molecule has 1 amide bonds. The van der Waals surface area contributed by atoms with Crippen molar-refractivity contribution in [1.29, 1.82) is 0 Å². The van der Waals surface area contributed by atoms with E-state index in [-0.39, 0.29) is 0 Å². The summed E-state index contributed by atoms with van der Waals surface area (Å²) in [6, 6.07) is 0. The molecule has 1 saturated heterocycles. The minimum absolute atomic E-state index is 0.392. The lowest BCUT2D eigenvalue weighted by molar-refractivity contribution is -0.143. The molecule has 6 heteroatoms. The van der Waals surface area contributed by atoms with Crippen LogP contribution in [0.4, 0.5) is 4.79 Å². The molecule has 0 aromatic carbocycles. The van der Waals surface area contributed by atoms with Crippen LogP contribution in [0.2, 0.25) is 0 Å². The summed E-state index contributed by atoms with van der Waals surface area (Å²) < 4.78 is 9.84. The largest absolute Gasteiger partial charge is 0.480 e. The van der Waals surface area contributed by atoms with Crippen LogP contribution in [-0.4, -0.2) is 48.6 Å². The number of amides is 1. The highest BCUT2D eigenvalue weighted by Crippen LogP contribution is 2.17. The zero-order valence-electron chi connectivity index (χ0n) is 8.64. The van der Waals surface area contributed by atoms with E-state index in [1.807, 2.05) is 0 Å². The molecule has 1 heterocycles. The van der Waals surface area contributed by atoms with E-state index < -0.39 is 24.8 Å². The summed E-state index contributed by atoms with van der Waals surface area (Å²) >= 11 is 0. The molecule has 0 aliphatic carbocycles. The Morgan fingerprint density at radius 1 is 1.53 bits per heavy atom. The van der Waals surface area contributed by atoms with Crippen LogP contribution >= 0.6 is 0 Å². The highest BCUT2D eigenvalue weighted by atomic mass is 16.6. The Bertz CT molecular complexity index is 237. The van der Waals surface area contributed by atoms with Crippen LogP contribution in [-0.2, 0) is 14.3 Å². The van der Waals surface area contributed by atoms with Crippen molar-refractivity contribution in [3.8, 4) is 0 Å². The monoisotopic (exact) mass is 217 g/mol. The first kappa shape index (κ1) is 11.8. The first-order valence-corrected chi connectivity index (χ1v) is 4.83. The molecular weight excluding hydrogens is 202 g/mol. The maximum absolute atomic E-state index is 11.3. The molecule has 6 nitrogen and oxygen atoms in total. The third kappa shape index (κ3) is 3.39. The van der Waals surface area contributed by atoms with E-state index in [1.54, 1.807) is 0 Å². The smallest absolute Gasteiger partial charge is 0.412 e. The number of carboxylic acids is 1. The van der Waals surface area contributed by atoms with Gasteiger partial charge in [0.2, 0.25) is 0 Å². The summed E-state index contributed by atoms with van der Waals surface area (Å²) in [4.78, 5) is 23.0. The Hall–Kier alpha value is -1.30. The van der Waals surface area contributed by atoms with Gasteiger partial charge in [-0.05, 0) is 19.3 Å². The van der Waals surface area contributed by atoms with Crippen molar-refractivity contribution >= 4 is 12.1 Å². The summed E-state index contributed by atoms with van der Waals surface area (Å²) in [5.41, 5.74) is 0. The Balaban J connectivity index is 2.60. The van der Waals surface area contributed by atoms with Crippen LogP contribution in [0.5, 0.6) is 0 Å². The van der Waals surface area contributed by atoms with Gasteiger partial charge in [-0.25, -0.2) is 4.79 Å². The molecule has 1 N–H and O–H groups in total. The van der Waals surface area contributed by atoms with Crippen molar-refractivity contribution in [2.45, 2.75) is 25.5 Å². The van der Waals surface area contributed by atoms with Crippen LogP contribution in [0.25, 0.3) is 0 Å². The summed E-state index contributed by atoms with van der Waals surface area (Å²) in [7, 11) is 1.22. The van der Waals surface area contributed by atoms with Gasteiger partial charge in [0.05, 0.1) is 7.11 Å². The molecule has 1 aliphatic rings. The Kier molecular flexibility index (Phi) is 4.36. The minimum Gasteiger partial charge on any atom is -0.480 e. The van der Waals surface area contributed by atoms with Gasteiger partial charge in [0, 0.05) is 6.61 Å². The third-order valence-corrected chi connectivity index (χ3v) is 2.22. The van der Waals surface area contributed by atoms with Crippen molar-refractivity contribution in [3.63, 3.8) is 0 Å². The zero-order valence-corrected chi connectivity index (χ0v) is 8.64. The van der Waals surface area contributed by atoms with Gasteiger partial charge in [-0.3, -0.25) is 9.69 Å². The number of ether oxygens (including phenoxy) is 2. The third-order valence-electron chi connectivity index (χ3n) is 2.22. The predicted octanol–water partition coefficient (Wildman–Crippen LogP) is 0.666. The number of carboxylic acid groups (broad SMARTS) is 1. The van der Waals surface area contributed by atoms with Crippen LogP contribution in [0.15, 0.2) is 0 Å². The number of hydrogen-bond acceptors (Lipinski definition) is 4. The molecular formula is C9H15NO5. The van der Waals surface area contributed by atoms with E-state index in [9.17, 15) is 9.59 Å². The second-order valence-electron chi connectivity index (χ2n) is 3.31. The maximum Gasteiger partial charge on any atom is 0.412 e. The highest BCUT2D eigenvalue weighted by Gasteiger charge is 2.28. The summed E-state index contributed by atoms with van der Waals surface area (Å²) in [5, 5.41) is 8.65. The molecule has 0 aromatic rings. The van der Waals surface area contributed by atoms with E-state index in [0.29, 0.717) is 13.0 Å². The lowest BCUT2D eigenvalue weighted by Crippen LogP contribution is -2.46. The van der Waals surface area contributed by atoms with Gasteiger partial charge >= 0.3 is 12.1 Å². The Morgan fingerprint density at radius 2 is 2.27 bits per heavy atom. The lowest BCUT2D eigenvalue weighted by atomic mass is 10.2. The molecule has 0 saturated carbocycles. The van der Waals surface area contributed by atoms with Gasteiger partial charge in [0.15, 0.2) is 0 Å². The van der Waals surface area contributed by atoms with Gasteiger partial charge in [0.1, 0.15) is 12.8 Å². The lowest BCUT2D eigenvalue weighted by Gasteiger charge is -2.31. The fourth-order valence-electron chi connectivity index (χ4n) is 1.52. The number of carbonyl (C=O) groups is 2. The molecule has 0 spiro atoms. The second kappa shape index (κ2) is 5.55. The predicted molar refractivity (Wildman–Crippen MR) is 50.3 cm³/mol. The minimum atomic E-state index is -1.07. The van der Waals surface area contributed by atoms with Gasteiger partial charge < -0.3 is 14.6 Å². The number of aliphatic carboxylic acids is 1. The first-order valence-electron chi connectivity index (χ1n) is 4.83. The molecule has 1 atom stereocenters. The molecule has 1 fully saturated rings. The number of hydrogen-bond donors (Lipinski definition) is 1. The highest BCUT2D eigenvalue weighted by molar-refractivity contribution is 5.76.